The van der Waals surface area contributed by atoms with Gasteiger partial charge in [-0.1, -0.05) is 0 Å². The van der Waals surface area contributed by atoms with E-state index in [1.165, 1.54) is 11.3 Å². The van der Waals surface area contributed by atoms with E-state index in [-0.39, 0.29) is 6.10 Å². The minimum absolute atomic E-state index is 0.00460. The van der Waals surface area contributed by atoms with Crippen LogP contribution in [0.15, 0.2) is 0 Å². The third-order valence-electron chi connectivity index (χ3n) is 1.81. The van der Waals surface area contributed by atoms with Gasteiger partial charge in [-0.2, -0.15) is 0 Å². The number of rotatable bonds is 5. The van der Waals surface area contributed by atoms with Crippen molar-refractivity contribution in [2.75, 3.05) is 17.6 Å². The maximum Gasteiger partial charge on any atom is 0.261 e. The molecule has 0 saturated heterocycles. The highest BCUT2D eigenvalue weighted by Crippen LogP contribution is 2.42. The normalized spacial score (nSPS) is 10.5. The molecule has 1 heterocycles. The summed E-state index contributed by atoms with van der Waals surface area (Å²) >= 11 is 1.23. The Balaban J connectivity index is 3.14. The summed E-state index contributed by atoms with van der Waals surface area (Å²) in [7, 11) is 0. The lowest BCUT2D eigenvalue weighted by Crippen LogP contribution is -2.12. The molecule has 0 aliphatic carbocycles. The summed E-state index contributed by atoms with van der Waals surface area (Å²) in [6, 6.07) is 0. The second-order valence-corrected chi connectivity index (χ2v) is 4.58. The van der Waals surface area contributed by atoms with Crippen LogP contribution in [0.25, 0.3) is 0 Å². The molecule has 0 radical (unpaired) electrons. The lowest BCUT2D eigenvalue weighted by atomic mass is 10.3. The molecule has 0 aliphatic rings. The zero-order valence-corrected chi connectivity index (χ0v) is 10.5. The average Bonchev–Trinajstić information content (AvgIpc) is 2.46. The van der Waals surface area contributed by atoms with Crippen LogP contribution >= 0.6 is 11.3 Å². The van der Waals surface area contributed by atoms with Gasteiger partial charge < -0.3 is 21.5 Å². The van der Waals surface area contributed by atoms with Gasteiger partial charge in [0.25, 0.3) is 5.91 Å². The van der Waals surface area contributed by atoms with Gasteiger partial charge in [0.2, 0.25) is 0 Å². The fourth-order valence-electron chi connectivity index (χ4n) is 1.24. The Hall–Kier alpha value is -1.43. The van der Waals surface area contributed by atoms with Crippen LogP contribution < -0.4 is 21.5 Å². The standard InChI is InChI=1S/C10H17N3O2S/c1-4-13-10-7(15-5(2)3)6(11)8(16-10)9(12)14/h5,13H,4,11H2,1-3H3,(H2,12,14). The number of nitrogen functional groups attached to an aromatic ring is 1. The number of ether oxygens (including phenoxy) is 1. The minimum Gasteiger partial charge on any atom is -0.486 e. The monoisotopic (exact) mass is 243 g/mol. The van der Waals surface area contributed by atoms with Crippen molar-refractivity contribution in [1.82, 2.24) is 0 Å². The molecule has 90 valence electrons. The number of hydrogen-bond donors (Lipinski definition) is 3. The van der Waals surface area contributed by atoms with Crippen molar-refractivity contribution in [1.29, 1.82) is 0 Å². The summed E-state index contributed by atoms with van der Waals surface area (Å²) in [6.07, 6.45) is -0.00460. The molecule has 5 nitrogen and oxygen atoms in total. The van der Waals surface area contributed by atoms with Crippen molar-refractivity contribution in [3.8, 4) is 5.75 Å². The fraction of sp³-hybridized carbons (Fsp3) is 0.500. The SMILES string of the molecule is CCNc1sc(C(N)=O)c(N)c1OC(C)C. The number of nitrogens with one attached hydrogen (secondary N) is 1. The number of hydrogen-bond acceptors (Lipinski definition) is 5. The van der Waals surface area contributed by atoms with Gasteiger partial charge in [0, 0.05) is 6.54 Å². The van der Waals surface area contributed by atoms with Crippen molar-refractivity contribution < 1.29 is 9.53 Å². The quantitative estimate of drug-likeness (QED) is 0.733. The van der Waals surface area contributed by atoms with Gasteiger partial charge in [-0.15, -0.1) is 11.3 Å². The third kappa shape index (κ3) is 2.57. The number of carbonyl (C=O) groups excluding carboxylic acids is 1. The van der Waals surface area contributed by atoms with E-state index in [0.29, 0.717) is 16.3 Å². The molecule has 1 rings (SSSR count). The molecule has 16 heavy (non-hydrogen) atoms. The molecule has 0 atom stereocenters. The van der Waals surface area contributed by atoms with Crippen LogP contribution in [0.4, 0.5) is 10.7 Å². The molecule has 5 N–H and O–H groups in total. The Morgan fingerprint density at radius 3 is 2.62 bits per heavy atom. The molecule has 1 aromatic heterocycles. The minimum atomic E-state index is -0.528. The molecular formula is C10H17N3O2S. The van der Waals surface area contributed by atoms with Gasteiger partial charge in [0.05, 0.1) is 6.10 Å². The number of anilines is 2. The maximum atomic E-state index is 11.1. The van der Waals surface area contributed by atoms with Crippen molar-refractivity contribution in [2.24, 2.45) is 5.73 Å². The number of nitrogens with two attached hydrogens (primary N) is 2. The van der Waals surface area contributed by atoms with Crippen LogP contribution in [0.2, 0.25) is 0 Å². The highest BCUT2D eigenvalue weighted by molar-refractivity contribution is 7.19. The molecule has 0 aliphatic heterocycles. The van der Waals surface area contributed by atoms with Gasteiger partial charge in [-0.05, 0) is 20.8 Å². The summed E-state index contributed by atoms with van der Waals surface area (Å²) in [6.45, 7) is 6.49. The summed E-state index contributed by atoms with van der Waals surface area (Å²) in [5.41, 5.74) is 11.4. The van der Waals surface area contributed by atoms with E-state index in [4.69, 9.17) is 16.2 Å². The van der Waals surface area contributed by atoms with E-state index in [1.54, 1.807) is 0 Å². The van der Waals surface area contributed by atoms with E-state index < -0.39 is 5.91 Å². The summed E-state index contributed by atoms with van der Waals surface area (Å²) in [5, 5.41) is 3.86. The average molecular weight is 243 g/mol. The molecule has 1 aromatic rings. The predicted molar refractivity (Wildman–Crippen MR) is 67.2 cm³/mol. The van der Waals surface area contributed by atoms with Crippen LogP contribution in [0, 0.1) is 0 Å². The van der Waals surface area contributed by atoms with Crippen LogP contribution in [-0.2, 0) is 0 Å². The zero-order chi connectivity index (χ0) is 12.3. The number of primary amides is 1. The van der Waals surface area contributed by atoms with Gasteiger partial charge in [-0.3, -0.25) is 4.79 Å². The smallest absolute Gasteiger partial charge is 0.261 e. The Bertz CT molecular complexity index is 388. The molecule has 0 unspecified atom stereocenters. The van der Waals surface area contributed by atoms with Crippen molar-refractivity contribution in [3.63, 3.8) is 0 Å². The van der Waals surface area contributed by atoms with Crippen molar-refractivity contribution >= 4 is 27.9 Å². The number of amides is 1. The topological polar surface area (TPSA) is 90.4 Å². The zero-order valence-electron chi connectivity index (χ0n) is 9.66. The van der Waals surface area contributed by atoms with E-state index in [9.17, 15) is 4.79 Å². The second kappa shape index (κ2) is 5.07. The van der Waals surface area contributed by atoms with Gasteiger partial charge in [-0.25, -0.2) is 0 Å². The second-order valence-electron chi connectivity index (χ2n) is 3.56. The van der Waals surface area contributed by atoms with Crippen LogP contribution in [0.1, 0.15) is 30.4 Å². The molecule has 1 amide bonds. The summed E-state index contributed by atoms with van der Waals surface area (Å²) < 4.78 is 5.57. The van der Waals surface area contributed by atoms with E-state index in [1.807, 2.05) is 20.8 Å². The predicted octanol–water partition coefficient (Wildman–Crippen LogP) is 1.65. The molecule has 6 heteroatoms. The highest BCUT2D eigenvalue weighted by Gasteiger charge is 2.21. The van der Waals surface area contributed by atoms with E-state index in [0.717, 1.165) is 11.5 Å². The van der Waals surface area contributed by atoms with Crippen molar-refractivity contribution in [3.05, 3.63) is 4.88 Å². The first-order valence-electron chi connectivity index (χ1n) is 5.09. The lowest BCUT2D eigenvalue weighted by Gasteiger charge is -2.11. The number of thiophene rings is 1. The van der Waals surface area contributed by atoms with Crippen molar-refractivity contribution in [2.45, 2.75) is 26.9 Å². The lowest BCUT2D eigenvalue weighted by molar-refractivity contribution is 0.100. The van der Waals surface area contributed by atoms with Crippen LogP contribution in [-0.4, -0.2) is 18.6 Å². The first-order valence-corrected chi connectivity index (χ1v) is 5.91. The molecule has 0 saturated carbocycles. The molecule has 0 spiro atoms. The Morgan fingerprint density at radius 2 is 2.19 bits per heavy atom. The highest BCUT2D eigenvalue weighted by atomic mass is 32.1. The van der Waals surface area contributed by atoms with Crippen LogP contribution in [0.5, 0.6) is 5.75 Å². The first-order chi connectivity index (χ1) is 7.47. The molecule has 0 aromatic carbocycles. The van der Waals surface area contributed by atoms with E-state index in [2.05, 4.69) is 5.32 Å². The van der Waals surface area contributed by atoms with E-state index >= 15 is 0 Å². The Morgan fingerprint density at radius 1 is 1.56 bits per heavy atom. The molecule has 0 bridgehead atoms. The fourth-order valence-corrected chi connectivity index (χ4v) is 2.22. The maximum absolute atomic E-state index is 11.1. The van der Waals surface area contributed by atoms with Crippen LogP contribution in [0.3, 0.4) is 0 Å². The van der Waals surface area contributed by atoms with Gasteiger partial charge in [0.1, 0.15) is 15.6 Å². The molecule has 0 fully saturated rings. The Labute approximate surface area is 98.8 Å². The summed E-state index contributed by atoms with van der Waals surface area (Å²) in [4.78, 5) is 11.5. The Kier molecular flexibility index (Phi) is 4.00. The number of carbonyl (C=O) groups is 1. The van der Waals surface area contributed by atoms with Gasteiger partial charge in [0.15, 0.2) is 5.75 Å². The summed E-state index contributed by atoms with van der Waals surface area (Å²) in [5.74, 6) is -0.00379. The first kappa shape index (κ1) is 12.6. The molecular weight excluding hydrogens is 226 g/mol. The third-order valence-corrected chi connectivity index (χ3v) is 2.97. The van der Waals surface area contributed by atoms with Gasteiger partial charge >= 0.3 is 0 Å². The largest absolute Gasteiger partial charge is 0.486 e.